The highest BCUT2D eigenvalue weighted by atomic mass is 16.5. The lowest BCUT2D eigenvalue weighted by Gasteiger charge is -2.13. The van der Waals surface area contributed by atoms with Crippen molar-refractivity contribution in [3.63, 3.8) is 0 Å². The summed E-state index contributed by atoms with van der Waals surface area (Å²) in [7, 11) is 0. The van der Waals surface area contributed by atoms with Crippen molar-refractivity contribution in [1.29, 1.82) is 0 Å². The van der Waals surface area contributed by atoms with Crippen molar-refractivity contribution in [1.82, 2.24) is 5.16 Å². The Morgan fingerprint density at radius 3 is 2.40 bits per heavy atom. The molecule has 4 heteroatoms. The lowest BCUT2D eigenvalue weighted by atomic mass is 10.0. The number of benzene rings is 1. The molecule has 1 amide bonds. The van der Waals surface area contributed by atoms with E-state index in [2.05, 4.69) is 36.5 Å². The van der Waals surface area contributed by atoms with Crippen molar-refractivity contribution in [3.8, 4) is 0 Å². The number of amides is 1. The van der Waals surface area contributed by atoms with Crippen LogP contribution in [0.25, 0.3) is 0 Å². The summed E-state index contributed by atoms with van der Waals surface area (Å²) in [5.74, 6) is 0.657. The molecular formula is C16H20N2O2. The van der Waals surface area contributed by atoms with Crippen LogP contribution in [0.3, 0.4) is 0 Å². The Hall–Kier alpha value is -2.10. The molecule has 0 radical (unpaired) electrons. The number of rotatable bonds is 5. The minimum absolute atomic E-state index is 0.0612. The van der Waals surface area contributed by atoms with E-state index in [1.165, 1.54) is 0 Å². The minimum atomic E-state index is -0.0612. The molecule has 0 saturated heterocycles. The Bertz CT molecular complexity index is 580. The molecule has 2 aromatic rings. The molecule has 0 aliphatic carbocycles. The molecule has 4 nitrogen and oxygen atoms in total. The van der Waals surface area contributed by atoms with Crippen LogP contribution >= 0.6 is 0 Å². The number of hydrogen-bond acceptors (Lipinski definition) is 3. The number of aromatic nitrogens is 1. The standard InChI is InChI=1S/C16H20N2O2/c1-4-12-7-6-8-13(5-2)16(12)17-15(19)10-14-9-11(3)20-18-14/h6-9H,4-5,10H2,1-3H3,(H,17,19). The first-order chi connectivity index (χ1) is 9.63. The van der Waals surface area contributed by atoms with Gasteiger partial charge in [0.2, 0.25) is 5.91 Å². The molecule has 0 saturated carbocycles. The van der Waals surface area contributed by atoms with Crippen LogP contribution in [-0.4, -0.2) is 11.1 Å². The second-order valence-corrected chi connectivity index (χ2v) is 4.81. The largest absolute Gasteiger partial charge is 0.361 e. The lowest BCUT2D eigenvalue weighted by Crippen LogP contribution is -2.17. The highest BCUT2D eigenvalue weighted by molar-refractivity contribution is 5.93. The van der Waals surface area contributed by atoms with E-state index in [4.69, 9.17) is 4.52 Å². The molecule has 0 aliphatic heterocycles. The van der Waals surface area contributed by atoms with Gasteiger partial charge in [0.1, 0.15) is 5.76 Å². The maximum atomic E-state index is 12.1. The predicted octanol–water partition coefficient (Wildman–Crippen LogP) is 3.29. The van der Waals surface area contributed by atoms with Gasteiger partial charge in [-0.15, -0.1) is 0 Å². The second kappa shape index (κ2) is 6.37. The number of anilines is 1. The van der Waals surface area contributed by atoms with Crippen LogP contribution in [-0.2, 0) is 24.1 Å². The van der Waals surface area contributed by atoms with Crippen molar-refractivity contribution >= 4 is 11.6 Å². The topological polar surface area (TPSA) is 55.1 Å². The van der Waals surface area contributed by atoms with Crippen molar-refractivity contribution < 1.29 is 9.32 Å². The summed E-state index contributed by atoms with van der Waals surface area (Å²) in [6.45, 7) is 5.99. The molecular weight excluding hydrogens is 252 g/mol. The molecule has 1 heterocycles. The van der Waals surface area contributed by atoms with E-state index >= 15 is 0 Å². The van der Waals surface area contributed by atoms with E-state index in [0.717, 1.165) is 35.4 Å². The van der Waals surface area contributed by atoms with Crippen molar-refractivity contribution in [3.05, 3.63) is 46.8 Å². The Kier molecular flexibility index (Phi) is 4.56. The number of nitrogens with one attached hydrogen (secondary N) is 1. The van der Waals surface area contributed by atoms with Crippen LogP contribution in [0.4, 0.5) is 5.69 Å². The number of carbonyl (C=O) groups excluding carboxylic acids is 1. The molecule has 0 atom stereocenters. The van der Waals surface area contributed by atoms with Crippen molar-refractivity contribution in [2.24, 2.45) is 0 Å². The zero-order valence-corrected chi connectivity index (χ0v) is 12.2. The molecule has 0 spiro atoms. The molecule has 0 aliphatic rings. The maximum Gasteiger partial charge on any atom is 0.230 e. The molecule has 20 heavy (non-hydrogen) atoms. The molecule has 0 unspecified atom stereocenters. The van der Waals surface area contributed by atoms with Gasteiger partial charge in [-0.05, 0) is 30.9 Å². The molecule has 1 N–H and O–H groups in total. The van der Waals surface area contributed by atoms with Gasteiger partial charge in [-0.25, -0.2) is 0 Å². The zero-order chi connectivity index (χ0) is 14.5. The van der Waals surface area contributed by atoms with Gasteiger partial charge < -0.3 is 9.84 Å². The quantitative estimate of drug-likeness (QED) is 0.908. The van der Waals surface area contributed by atoms with E-state index in [1.807, 2.05) is 13.0 Å². The summed E-state index contributed by atoms with van der Waals surface area (Å²) in [4.78, 5) is 12.1. The van der Waals surface area contributed by atoms with Gasteiger partial charge in [-0.1, -0.05) is 37.2 Å². The van der Waals surface area contributed by atoms with Crippen LogP contribution < -0.4 is 5.32 Å². The van der Waals surface area contributed by atoms with E-state index in [-0.39, 0.29) is 12.3 Å². The summed E-state index contributed by atoms with van der Waals surface area (Å²) < 4.78 is 4.98. The number of para-hydroxylation sites is 1. The van der Waals surface area contributed by atoms with E-state index in [1.54, 1.807) is 6.07 Å². The summed E-state index contributed by atoms with van der Waals surface area (Å²) in [5, 5.41) is 6.86. The minimum Gasteiger partial charge on any atom is -0.361 e. The monoisotopic (exact) mass is 272 g/mol. The molecule has 2 rings (SSSR count). The van der Waals surface area contributed by atoms with Gasteiger partial charge in [0.25, 0.3) is 0 Å². The third-order valence-corrected chi connectivity index (χ3v) is 3.28. The average molecular weight is 272 g/mol. The fraction of sp³-hybridized carbons (Fsp3) is 0.375. The van der Waals surface area contributed by atoms with Crippen LogP contribution in [0.5, 0.6) is 0 Å². The van der Waals surface area contributed by atoms with Crippen molar-refractivity contribution in [2.45, 2.75) is 40.0 Å². The molecule has 0 fully saturated rings. The zero-order valence-electron chi connectivity index (χ0n) is 12.2. The predicted molar refractivity (Wildman–Crippen MR) is 78.8 cm³/mol. The van der Waals surface area contributed by atoms with Crippen LogP contribution in [0.1, 0.15) is 36.4 Å². The second-order valence-electron chi connectivity index (χ2n) is 4.81. The van der Waals surface area contributed by atoms with Gasteiger partial charge in [0.05, 0.1) is 12.1 Å². The SMILES string of the molecule is CCc1cccc(CC)c1NC(=O)Cc1cc(C)on1. The third kappa shape index (κ3) is 3.26. The molecule has 0 bridgehead atoms. The fourth-order valence-electron chi connectivity index (χ4n) is 2.25. The van der Waals surface area contributed by atoms with Crippen LogP contribution in [0.2, 0.25) is 0 Å². The van der Waals surface area contributed by atoms with Gasteiger partial charge >= 0.3 is 0 Å². The lowest BCUT2D eigenvalue weighted by molar-refractivity contribution is -0.115. The summed E-state index contributed by atoms with van der Waals surface area (Å²) in [5.41, 5.74) is 3.93. The van der Waals surface area contributed by atoms with E-state index in [0.29, 0.717) is 5.69 Å². The summed E-state index contributed by atoms with van der Waals surface area (Å²) in [6.07, 6.45) is 2.03. The first-order valence-corrected chi connectivity index (χ1v) is 6.96. The fourth-order valence-corrected chi connectivity index (χ4v) is 2.25. The smallest absolute Gasteiger partial charge is 0.230 e. The summed E-state index contributed by atoms with van der Waals surface area (Å²) >= 11 is 0. The third-order valence-electron chi connectivity index (χ3n) is 3.28. The van der Waals surface area contributed by atoms with Gasteiger partial charge in [-0.3, -0.25) is 4.79 Å². The highest BCUT2D eigenvalue weighted by Gasteiger charge is 2.12. The van der Waals surface area contributed by atoms with E-state index in [9.17, 15) is 4.79 Å². The number of hydrogen-bond donors (Lipinski definition) is 1. The molecule has 1 aromatic heterocycles. The highest BCUT2D eigenvalue weighted by Crippen LogP contribution is 2.22. The Morgan fingerprint density at radius 1 is 1.25 bits per heavy atom. The van der Waals surface area contributed by atoms with E-state index < -0.39 is 0 Å². The Balaban J connectivity index is 2.14. The van der Waals surface area contributed by atoms with Crippen LogP contribution in [0.15, 0.2) is 28.8 Å². The van der Waals surface area contributed by atoms with Gasteiger partial charge in [0, 0.05) is 11.8 Å². The first-order valence-electron chi connectivity index (χ1n) is 6.96. The number of nitrogens with zero attached hydrogens (tertiary/aromatic N) is 1. The van der Waals surface area contributed by atoms with Crippen LogP contribution in [0, 0.1) is 6.92 Å². The number of aryl methyl sites for hydroxylation is 3. The summed E-state index contributed by atoms with van der Waals surface area (Å²) in [6, 6.07) is 7.92. The Morgan fingerprint density at radius 2 is 1.90 bits per heavy atom. The number of carbonyl (C=O) groups is 1. The normalized spacial score (nSPS) is 10.6. The Labute approximate surface area is 119 Å². The first kappa shape index (κ1) is 14.3. The molecule has 106 valence electrons. The molecule has 1 aromatic carbocycles. The van der Waals surface area contributed by atoms with Gasteiger partial charge in [-0.2, -0.15) is 0 Å². The van der Waals surface area contributed by atoms with Gasteiger partial charge in [0.15, 0.2) is 0 Å². The maximum absolute atomic E-state index is 12.1. The van der Waals surface area contributed by atoms with Crippen molar-refractivity contribution in [2.75, 3.05) is 5.32 Å². The average Bonchev–Trinajstić information content (AvgIpc) is 2.84.